The topological polar surface area (TPSA) is 131 Å². The van der Waals surface area contributed by atoms with E-state index in [-0.39, 0.29) is 32.1 Å². The number of unbranched alkanes of at least 4 members (excludes halogenated alkanes) is 14. The van der Waals surface area contributed by atoms with E-state index in [2.05, 4.69) is 110 Å². The summed E-state index contributed by atoms with van der Waals surface area (Å²) in [5, 5.41) is 12.7. The average Bonchev–Trinajstić information content (AvgIpc) is 3.27. The molecule has 0 aromatic carbocycles. The number of hydrogen-bond donors (Lipinski definition) is 3. The third kappa shape index (κ3) is 49.5. The number of esters is 1. The summed E-state index contributed by atoms with van der Waals surface area (Å²) in [6.07, 6.45) is 64.8. The van der Waals surface area contributed by atoms with E-state index >= 15 is 0 Å². The van der Waals surface area contributed by atoms with E-state index in [4.69, 9.17) is 13.8 Å². The summed E-state index contributed by atoms with van der Waals surface area (Å²) in [5.41, 5.74) is 0. The van der Waals surface area contributed by atoms with E-state index in [0.717, 1.165) is 64.2 Å². The number of ether oxygens (including phenoxy) is 1. The second-order valence-electron chi connectivity index (χ2n) is 15.7. The van der Waals surface area contributed by atoms with E-state index in [1.165, 1.54) is 83.5 Å². The van der Waals surface area contributed by atoms with Gasteiger partial charge in [-0.15, -0.1) is 0 Å². The van der Waals surface area contributed by atoms with Gasteiger partial charge in [-0.3, -0.25) is 18.6 Å². The molecule has 0 aromatic heterocycles. The van der Waals surface area contributed by atoms with Crippen LogP contribution in [0.15, 0.2) is 109 Å². The highest BCUT2D eigenvalue weighted by Gasteiger charge is 2.23. The molecule has 2 atom stereocenters. The number of phosphoric acid groups is 1. The lowest BCUT2D eigenvalue weighted by Gasteiger charge is -2.15. The summed E-state index contributed by atoms with van der Waals surface area (Å²) in [4.78, 5) is 34.0. The molecule has 3 N–H and O–H groups in total. The number of nitrogens with one attached hydrogen (secondary N) is 1. The lowest BCUT2D eigenvalue weighted by Crippen LogP contribution is -2.27. The second kappa shape index (κ2) is 48.1. The summed E-state index contributed by atoms with van der Waals surface area (Å²) >= 11 is 0. The molecule has 0 aromatic rings. The van der Waals surface area contributed by atoms with Gasteiger partial charge in [-0.1, -0.05) is 194 Å². The van der Waals surface area contributed by atoms with Gasteiger partial charge in [0, 0.05) is 13.0 Å². The van der Waals surface area contributed by atoms with Gasteiger partial charge in [0.25, 0.3) is 0 Å². The SMILES string of the molecule is CC/C=C\C/C=C\C/C=C\C/C=C\C/C=C\C/C=C\C/C=C\CC(=O)OCC(O)COP(=O)(O)OCCNC(=O)CCCCCCCCCCCCC/C=C\C/C=C\CCCCC. The maximum Gasteiger partial charge on any atom is 0.472 e. The molecule has 0 aliphatic rings. The average molecular weight is 898 g/mol. The van der Waals surface area contributed by atoms with Gasteiger partial charge in [0.2, 0.25) is 5.91 Å². The first-order chi connectivity index (χ1) is 30.8. The summed E-state index contributed by atoms with van der Waals surface area (Å²) in [6.45, 7) is 3.29. The predicted molar refractivity (Wildman–Crippen MR) is 265 cm³/mol. The zero-order chi connectivity index (χ0) is 46.0. The molecular weight excluding hydrogens is 810 g/mol. The van der Waals surface area contributed by atoms with Crippen molar-refractivity contribution in [3.8, 4) is 0 Å². The number of carbonyl (C=O) groups is 2. The van der Waals surface area contributed by atoms with Crippen LogP contribution in [0.4, 0.5) is 0 Å². The molecule has 0 radical (unpaired) electrons. The van der Waals surface area contributed by atoms with Gasteiger partial charge in [-0.25, -0.2) is 4.57 Å². The highest BCUT2D eigenvalue weighted by Crippen LogP contribution is 2.42. The van der Waals surface area contributed by atoms with Crippen LogP contribution in [0.1, 0.15) is 181 Å². The van der Waals surface area contributed by atoms with Gasteiger partial charge in [0.15, 0.2) is 0 Å². The molecule has 0 rings (SSSR count). The highest BCUT2D eigenvalue weighted by atomic mass is 31.2. The molecule has 0 fully saturated rings. The molecule has 0 aliphatic heterocycles. The van der Waals surface area contributed by atoms with Crippen molar-refractivity contribution in [1.29, 1.82) is 0 Å². The van der Waals surface area contributed by atoms with Crippen LogP contribution >= 0.6 is 7.82 Å². The van der Waals surface area contributed by atoms with Crippen LogP contribution in [-0.2, 0) is 27.9 Å². The van der Waals surface area contributed by atoms with E-state index < -0.39 is 26.5 Å². The van der Waals surface area contributed by atoms with E-state index in [1.807, 2.05) is 12.2 Å². The minimum Gasteiger partial charge on any atom is -0.463 e. The minimum atomic E-state index is -4.45. The van der Waals surface area contributed by atoms with Crippen LogP contribution < -0.4 is 5.32 Å². The summed E-state index contributed by atoms with van der Waals surface area (Å²) in [7, 11) is -4.45. The molecule has 0 bridgehead atoms. The molecule has 63 heavy (non-hydrogen) atoms. The number of aliphatic hydroxyl groups excluding tert-OH is 1. The first-order valence-corrected chi connectivity index (χ1v) is 25.9. The highest BCUT2D eigenvalue weighted by molar-refractivity contribution is 7.47. The molecular formula is C53H88NO8P. The fourth-order valence-corrected chi connectivity index (χ4v) is 6.84. The zero-order valence-corrected chi connectivity index (χ0v) is 40.4. The molecule has 10 heteroatoms. The molecule has 358 valence electrons. The maximum atomic E-state index is 12.1. The summed E-state index contributed by atoms with van der Waals surface area (Å²) in [6, 6.07) is 0. The third-order valence-corrected chi connectivity index (χ3v) is 10.7. The Morgan fingerprint density at radius 3 is 1.41 bits per heavy atom. The Balaban J connectivity index is 3.71. The van der Waals surface area contributed by atoms with Gasteiger partial charge in [0.1, 0.15) is 12.7 Å². The van der Waals surface area contributed by atoms with E-state index in [1.54, 1.807) is 6.08 Å². The van der Waals surface area contributed by atoms with Crippen LogP contribution in [-0.4, -0.2) is 54.3 Å². The molecule has 9 nitrogen and oxygen atoms in total. The van der Waals surface area contributed by atoms with Crippen molar-refractivity contribution in [2.24, 2.45) is 0 Å². The smallest absolute Gasteiger partial charge is 0.463 e. The van der Waals surface area contributed by atoms with Crippen molar-refractivity contribution < 1.29 is 37.9 Å². The van der Waals surface area contributed by atoms with E-state index in [9.17, 15) is 24.2 Å². The number of aliphatic hydroxyl groups is 1. The Labute approximate surface area is 384 Å². The third-order valence-electron chi connectivity index (χ3n) is 9.72. The minimum absolute atomic E-state index is 0.0424. The van der Waals surface area contributed by atoms with Gasteiger partial charge in [-0.05, 0) is 83.5 Å². The number of carbonyl (C=O) groups excluding carboxylic acids is 2. The molecule has 0 aliphatic carbocycles. The number of rotatable bonds is 44. The standard InChI is InChI=1S/C53H88NO8P/c1-3-5-7-9-11-13-15-17-19-21-23-25-27-29-31-33-35-37-39-41-43-45-52(56)54-47-48-61-63(58,59)62-50-51(55)49-60-53(57)46-44-42-40-38-36-34-32-30-28-26-24-22-20-18-16-14-12-10-8-6-4-2/h6,8,11-14,17-20,24,26,30,32,36,38,42,44,51,55H,3-5,7,9-10,15-16,21-23,25,27-29,31,33-35,37,39-41,43,45-50H2,1-2H3,(H,54,56)(H,58,59)/b8-6-,13-11-,14-12-,19-17-,20-18-,26-24-,32-30-,38-36-,44-42-. The van der Waals surface area contributed by atoms with Crippen molar-refractivity contribution in [1.82, 2.24) is 5.32 Å². The summed E-state index contributed by atoms with van der Waals surface area (Å²) in [5.74, 6) is -0.659. The Morgan fingerprint density at radius 2 is 0.937 bits per heavy atom. The molecule has 0 saturated carbocycles. The van der Waals surface area contributed by atoms with Gasteiger partial charge in [-0.2, -0.15) is 0 Å². The first kappa shape index (κ1) is 59.7. The number of phosphoric ester groups is 1. The fourth-order valence-electron chi connectivity index (χ4n) is 6.08. The molecule has 0 saturated heterocycles. The largest absolute Gasteiger partial charge is 0.472 e. The van der Waals surface area contributed by atoms with Crippen molar-refractivity contribution in [3.63, 3.8) is 0 Å². The normalized spacial score (nSPS) is 14.2. The predicted octanol–water partition coefficient (Wildman–Crippen LogP) is 14.3. The van der Waals surface area contributed by atoms with Crippen molar-refractivity contribution in [3.05, 3.63) is 109 Å². The zero-order valence-electron chi connectivity index (χ0n) is 39.5. The number of allylic oxidation sites excluding steroid dienone is 17. The van der Waals surface area contributed by atoms with Crippen molar-refractivity contribution in [2.75, 3.05) is 26.4 Å². The number of hydrogen-bond acceptors (Lipinski definition) is 7. The van der Waals surface area contributed by atoms with Gasteiger partial charge < -0.3 is 20.1 Å². The van der Waals surface area contributed by atoms with Crippen LogP contribution in [0, 0.1) is 0 Å². The quantitative estimate of drug-likeness (QED) is 0.0238. The Hall–Kier alpha value is -3.33. The monoisotopic (exact) mass is 898 g/mol. The molecule has 0 heterocycles. The van der Waals surface area contributed by atoms with Crippen molar-refractivity contribution in [2.45, 2.75) is 187 Å². The van der Waals surface area contributed by atoms with Gasteiger partial charge in [0.05, 0.1) is 19.6 Å². The Kier molecular flexibility index (Phi) is 45.6. The maximum absolute atomic E-state index is 12.1. The Bertz CT molecular complexity index is 1390. The summed E-state index contributed by atoms with van der Waals surface area (Å²) < 4.78 is 26.8. The fraction of sp³-hybridized carbons (Fsp3) is 0.623. The van der Waals surface area contributed by atoms with Crippen LogP contribution in [0.25, 0.3) is 0 Å². The van der Waals surface area contributed by atoms with Crippen LogP contribution in [0.2, 0.25) is 0 Å². The first-order valence-electron chi connectivity index (χ1n) is 24.4. The van der Waals surface area contributed by atoms with Crippen molar-refractivity contribution >= 4 is 19.7 Å². The molecule has 2 unspecified atom stereocenters. The lowest BCUT2D eigenvalue weighted by molar-refractivity contribution is -0.146. The number of amides is 1. The second-order valence-corrected chi connectivity index (χ2v) is 17.2. The van der Waals surface area contributed by atoms with E-state index in [0.29, 0.717) is 12.8 Å². The molecule has 0 spiro atoms. The van der Waals surface area contributed by atoms with Gasteiger partial charge >= 0.3 is 13.8 Å². The van der Waals surface area contributed by atoms with Crippen LogP contribution in [0.5, 0.6) is 0 Å². The molecule has 1 amide bonds. The lowest BCUT2D eigenvalue weighted by atomic mass is 10.0. The van der Waals surface area contributed by atoms with Crippen LogP contribution in [0.3, 0.4) is 0 Å². The Morgan fingerprint density at radius 1 is 0.524 bits per heavy atom.